The van der Waals surface area contributed by atoms with E-state index in [0.717, 1.165) is 34.7 Å². The summed E-state index contributed by atoms with van der Waals surface area (Å²) in [6, 6.07) is 0. The molecule has 0 radical (unpaired) electrons. The maximum Gasteiger partial charge on any atom is 0.162 e. The molecule has 0 bridgehead atoms. The van der Waals surface area contributed by atoms with E-state index in [1.54, 1.807) is 7.11 Å². The van der Waals surface area contributed by atoms with E-state index >= 15 is 0 Å². The summed E-state index contributed by atoms with van der Waals surface area (Å²) in [7, 11) is 3.66. The Kier molecular flexibility index (Phi) is 4.40. The molecule has 0 aromatic carbocycles. The van der Waals surface area contributed by atoms with E-state index in [0.29, 0.717) is 0 Å². The van der Waals surface area contributed by atoms with Gasteiger partial charge in [-0.1, -0.05) is 20.8 Å². The van der Waals surface area contributed by atoms with Crippen LogP contribution in [0.1, 0.15) is 58.0 Å². The van der Waals surface area contributed by atoms with Gasteiger partial charge in [0.2, 0.25) is 0 Å². The minimum absolute atomic E-state index is 0.0460. The van der Waals surface area contributed by atoms with Crippen LogP contribution in [0.15, 0.2) is 4.47 Å². The fraction of sp³-hybridized carbons (Fsp3) is 0.733. The third kappa shape index (κ3) is 2.70. The Bertz CT molecular complexity index is 491. The lowest BCUT2D eigenvalue weighted by atomic mass is 9.91. The molecule has 1 aromatic rings. The number of aromatic nitrogens is 2. The first-order chi connectivity index (χ1) is 9.34. The summed E-state index contributed by atoms with van der Waals surface area (Å²) in [5.74, 6) is 1.65. The van der Waals surface area contributed by atoms with Crippen LogP contribution in [0.25, 0.3) is 0 Å². The fourth-order valence-electron chi connectivity index (χ4n) is 2.78. The van der Waals surface area contributed by atoms with Crippen molar-refractivity contribution >= 4 is 21.7 Å². The van der Waals surface area contributed by atoms with Crippen molar-refractivity contribution in [1.82, 2.24) is 9.97 Å². The normalized spacial score (nSPS) is 18.3. The fourth-order valence-corrected chi connectivity index (χ4v) is 3.75. The number of nitrogens with zero attached hydrogens (tertiary/aromatic N) is 2. The first-order valence-electron chi connectivity index (χ1n) is 7.15. The predicted molar refractivity (Wildman–Crippen MR) is 85.1 cm³/mol. The van der Waals surface area contributed by atoms with E-state index in [1.165, 1.54) is 12.8 Å². The van der Waals surface area contributed by atoms with Gasteiger partial charge in [0.25, 0.3) is 0 Å². The molecule has 20 heavy (non-hydrogen) atoms. The zero-order valence-corrected chi connectivity index (χ0v) is 14.6. The van der Waals surface area contributed by atoms with Crippen molar-refractivity contribution in [2.75, 3.05) is 19.5 Å². The van der Waals surface area contributed by atoms with Gasteiger partial charge >= 0.3 is 0 Å². The Morgan fingerprint density at radius 1 is 1.20 bits per heavy atom. The summed E-state index contributed by atoms with van der Waals surface area (Å²) < 4.78 is 6.77. The van der Waals surface area contributed by atoms with Gasteiger partial charge in [-0.3, -0.25) is 0 Å². The standard InChI is InChI=1S/C15H24BrN3O/c1-14(2,3)11-10(16)12(17-4)19-13(18-11)15(20-5)8-6-7-9-15/h6-9H2,1-5H3,(H,17,18,19). The van der Waals surface area contributed by atoms with Gasteiger partial charge in [-0.05, 0) is 41.6 Å². The molecule has 1 heterocycles. The van der Waals surface area contributed by atoms with Crippen LogP contribution in [0.2, 0.25) is 0 Å². The summed E-state index contributed by atoms with van der Waals surface area (Å²) in [4.78, 5) is 9.55. The molecule has 1 aliphatic rings. The number of rotatable bonds is 3. The van der Waals surface area contributed by atoms with Gasteiger partial charge in [0.05, 0.1) is 10.2 Å². The maximum absolute atomic E-state index is 5.82. The van der Waals surface area contributed by atoms with E-state index in [-0.39, 0.29) is 11.0 Å². The van der Waals surface area contributed by atoms with Gasteiger partial charge in [-0.2, -0.15) is 0 Å². The Labute approximate surface area is 129 Å². The van der Waals surface area contributed by atoms with Gasteiger partial charge in [0.1, 0.15) is 11.4 Å². The zero-order valence-electron chi connectivity index (χ0n) is 13.0. The van der Waals surface area contributed by atoms with Gasteiger partial charge in [-0.15, -0.1) is 0 Å². The van der Waals surface area contributed by atoms with Gasteiger partial charge in [0.15, 0.2) is 5.82 Å². The van der Waals surface area contributed by atoms with E-state index in [4.69, 9.17) is 14.7 Å². The topological polar surface area (TPSA) is 47.0 Å². The number of halogens is 1. The molecule has 0 aliphatic heterocycles. The lowest BCUT2D eigenvalue weighted by Gasteiger charge is -2.29. The molecule has 5 heteroatoms. The molecule has 1 aromatic heterocycles. The highest BCUT2D eigenvalue weighted by Crippen LogP contribution is 2.42. The minimum atomic E-state index is -0.313. The number of anilines is 1. The van der Waals surface area contributed by atoms with Crippen LogP contribution in [0, 0.1) is 0 Å². The second-order valence-electron chi connectivity index (χ2n) is 6.46. The molecule has 0 spiro atoms. The van der Waals surface area contributed by atoms with Crippen molar-refractivity contribution in [3.05, 3.63) is 16.0 Å². The summed E-state index contributed by atoms with van der Waals surface area (Å²) in [6.45, 7) is 6.49. The SMILES string of the molecule is CNc1nc(C2(OC)CCCC2)nc(C(C)(C)C)c1Br. The van der Waals surface area contributed by atoms with Crippen molar-refractivity contribution in [1.29, 1.82) is 0 Å². The highest BCUT2D eigenvalue weighted by Gasteiger charge is 2.40. The van der Waals surface area contributed by atoms with Crippen molar-refractivity contribution in [2.24, 2.45) is 0 Å². The van der Waals surface area contributed by atoms with Crippen LogP contribution in [0.3, 0.4) is 0 Å². The molecule has 4 nitrogen and oxygen atoms in total. The van der Waals surface area contributed by atoms with E-state index in [2.05, 4.69) is 42.0 Å². The largest absolute Gasteiger partial charge is 0.372 e. The van der Waals surface area contributed by atoms with Crippen LogP contribution >= 0.6 is 15.9 Å². The molecule has 2 rings (SSSR count). The lowest BCUT2D eigenvalue weighted by molar-refractivity contribution is -0.0165. The summed E-state index contributed by atoms with van der Waals surface area (Å²) in [5.41, 5.74) is 0.664. The molecule has 0 saturated heterocycles. The smallest absolute Gasteiger partial charge is 0.162 e. The predicted octanol–water partition coefficient (Wildman–Crippen LogP) is 3.99. The van der Waals surface area contributed by atoms with Crippen LogP contribution < -0.4 is 5.32 Å². The Hall–Kier alpha value is -0.680. The highest BCUT2D eigenvalue weighted by molar-refractivity contribution is 9.10. The first kappa shape index (κ1) is 15.7. The Morgan fingerprint density at radius 3 is 2.25 bits per heavy atom. The average Bonchev–Trinajstić information content (AvgIpc) is 2.87. The third-order valence-electron chi connectivity index (χ3n) is 4.01. The summed E-state index contributed by atoms with van der Waals surface area (Å²) >= 11 is 3.63. The van der Waals surface area contributed by atoms with Crippen LogP contribution in [0.4, 0.5) is 5.82 Å². The molecule has 0 unspecified atom stereocenters. The average molecular weight is 342 g/mol. The number of ether oxygens (including phenoxy) is 1. The van der Waals surface area contributed by atoms with Crippen LogP contribution in [0.5, 0.6) is 0 Å². The molecular weight excluding hydrogens is 318 g/mol. The van der Waals surface area contributed by atoms with Crippen molar-refractivity contribution in [3.63, 3.8) is 0 Å². The summed E-state index contributed by atoms with van der Waals surface area (Å²) in [5, 5.41) is 3.16. The van der Waals surface area contributed by atoms with Gasteiger partial charge < -0.3 is 10.1 Å². The Morgan fingerprint density at radius 2 is 1.80 bits per heavy atom. The maximum atomic E-state index is 5.82. The number of hydrogen-bond acceptors (Lipinski definition) is 4. The molecule has 1 fully saturated rings. The van der Waals surface area contributed by atoms with Crippen molar-refractivity contribution < 1.29 is 4.74 Å². The van der Waals surface area contributed by atoms with Gasteiger partial charge in [-0.25, -0.2) is 9.97 Å². The van der Waals surface area contributed by atoms with E-state index < -0.39 is 0 Å². The van der Waals surface area contributed by atoms with Crippen molar-refractivity contribution in [2.45, 2.75) is 57.5 Å². The number of methoxy groups -OCH3 is 1. The van der Waals surface area contributed by atoms with E-state index in [1.807, 2.05) is 7.05 Å². The Balaban J connectivity index is 2.60. The quantitative estimate of drug-likeness (QED) is 0.902. The monoisotopic (exact) mass is 341 g/mol. The molecule has 1 aliphatic carbocycles. The van der Waals surface area contributed by atoms with Crippen LogP contribution in [-0.2, 0) is 15.8 Å². The first-order valence-corrected chi connectivity index (χ1v) is 7.95. The molecule has 112 valence electrons. The molecule has 1 N–H and O–H groups in total. The second kappa shape index (κ2) is 5.60. The second-order valence-corrected chi connectivity index (χ2v) is 7.26. The molecule has 0 atom stereocenters. The number of hydrogen-bond donors (Lipinski definition) is 1. The molecule has 1 saturated carbocycles. The molecular formula is C15H24BrN3O. The van der Waals surface area contributed by atoms with Crippen molar-refractivity contribution in [3.8, 4) is 0 Å². The minimum Gasteiger partial charge on any atom is -0.372 e. The molecule has 0 amide bonds. The van der Waals surface area contributed by atoms with Crippen LogP contribution in [-0.4, -0.2) is 24.1 Å². The highest BCUT2D eigenvalue weighted by atomic mass is 79.9. The zero-order chi connectivity index (χ0) is 15.0. The summed E-state index contributed by atoms with van der Waals surface area (Å²) in [6.07, 6.45) is 4.34. The lowest BCUT2D eigenvalue weighted by Crippen LogP contribution is -2.30. The third-order valence-corrected chi connectivity index (χ3v) is 4.76. The number of nitrogens with one attached hydrogen (secondary N) is 1. The van der Waals surface area contributed by atoms with E-state index in [9.17, 15) is 0 Å². The van der Waals surface area contributed by atoms with Gasteiger partial charge in [0, 0.05) is 19.6 Å².